The van der Waals surface area contributed by atoms with Crippen LogP contribution >= 0.6 is 0 Å². The maximum absolute atomic E-state index is 10.5. The second-order valence-electron chi connectivity index (χ2n) is 4.18. The molecule has 0 aliphatic rings. The van der Waals surface area contributed by atoms with Gasteiger partial charge in [0.25, 0.3) is 0 Å². The lowest BCUT2D eigenvalue weighted by atomic mass is 9.95. The molecule has 0 aliphatic heterocycles. The van der Waals surface area contributed by atoms with Gasteiger partial charge in [-0.1, -0.05) is 19.1 Å². The van der Waals surface area contributed by atoms with Gasteiger partial charge >= 0.3 is 0 Å². The van der Waals surface area contributed by atoms with E-state index in [9.17, 15) is 4.79 Å². The highest BCUT2D eigenvalue weighted by molar-refractivity contribution is 5.85. The molecular formula is C14H15NO. The Bertz CT molecular complexity index is 519. The molecule has 2 nitrogen and oxygen atoms in total. The Labute approximate surface area is 95.3 Å². The molecule has 0 spiro atoms. The first-order chi connectivity index (χ1) is 7.72. The van der Waals surface area contributed by atoms with Crippen molar-refractivity contribution in [2.24, 2.45) is 0 Å². The van der Waals surface area contributed by atoms with Crippen molar-refractivity contribution in [2.75, 3.05) is 0 Å². The molecule has 0 bridgehead atoms. The Hall–Kier alpha value is -1.70. The molecule has 0 radical (unpaired) electrons. The van der Waals surface area contributed by atoms with Crippen molar-refractivity contribution in [1.82, 2.24) is 4.98 Å². The van der Waals surface area contributed by atoms with Crippen molar-refractivity contribution in [3.63, 3.8) is 0 Å². The normalized spacial score (nSPS) is 12.6. The SMILES string of the molecule is Cc1nccc2ccc(C(C)CC=O)cc12. The third-order valence-electron chi connectivity index (χ3n) is 3.01. The summed E-state index contributed by atoms with van der Waals surface area (Å²) in [4.78, 5) is 14.8. The minimum Gasteiger partial charge on any atom is -0.303 e. The molecule has 82 valence electrons. The van der Waals surface area contributed by atoms with Gasteiger partial charge in [-0.3, -0.25) is 4.98 Å². The van der Waals surface area contributed by atoms with Gasteiger partial charge in [-0.25, -0.2) is 0 Å². The van der Waals surface area contributed by atoms with Gasteiger partial charge in [0.15, 0.2) is 0 Å². The first kappa shape index (κ1) is 10.8. The van der Waals surface area contributed by atoms with Crippen LogP contribution in [0.1, 0.15) is 30.5 Å². The van der Waals surface area contributed by atoms with Crippen LogP contribution in [-0.4, -0.2) is 11.3 Å². The number of carbonyl (C=O) groups excluding carboxylic acids is 1. The molecule has 2 aromatic rings. The number of rotatable bonds is 3. The summed E-state index contributed by atoms with van der Waals surface area (Å²) >= 11 is 0. The number of pyridine rings is 1. The van der Waals surface area contributed by atoms with Crippen LogP contribution in [0.2, 0.25) is 0 Å². The van der Waals surface area contributed by atoms with Crippen LogP contribution in [0.5, 0.6) is 0 Å². The molecule has 0 fully saturated rings. The maximum atomic E-state index is 10.5. The second-order valence-corrected chi connectivity index (χ2v) is 4.18. The number of aldehydes is 1. The van der Waals surface area contributed by atoms with Crippen molar-refractivity contribution >= 4 is 17.1 Å². The number of hydrogen-bond donors (Lipinski definition) is 0. The zero-order valence-corrected chi connectivity index (χ0v) is 9.60. The Kier molecular flexibility index (Phi) is 3.00. The molecule has 1 aromatic heterocycles. The van der Waals surface area contributed by atoms with E-state index in [0.29, 0.717) is 6.42 Å². The van der Waals surface area contributed by atoms with Crippen LogP contribution in [-0.2, 0) is 4.79 Å². The number of benzene rings is 1. The van der Waals surface area contributed by atoms with E-state index in [2.05, 4.69) is 30.1 Å². The lowest BCUT2D eigenvalue weighted by Gasteiger charge is -2.10. The van der Waals surface area contributed by atoms with Crippen LogP contribution in [0.4, 0.5) is 0 Å². The van der Waals surface area contributed by atoms with Crippen LogP contribution in [0, 0.1) is 6.92 Å². The molecule has 0 saturated carbocycles. The quantitative estimate of drug-likeness (QED) is 0.733. The summed E-state index contributed by atoms with van der Waals surface area (Å²) in [5.74, 6) is 0.279. The number of fused-ring (bicyclic) bond motifs is 1. The van der Waals surface area contributed by atoms with Gasteiger partial charge in [0.1, 0.15) is 6.29 Å². The van der Waals surface area contributed by atoms with Gasteiger partial charge in [-0.15, -0.1) is 0 Å². The van der Waals surface area contributed by atoms with Crippen LogP contribution in [0.3, 0.4) is 0 Å². The fourth-order valence-corrected chi connectivity index (χ4v) is 1.92. The first-order valence-corrected chi connectivity index (χ1v) is 5.51. The Morgan fingerprint density at radius 1 is 1.38 bits per heavy atom. The topological polar surface area (TPSA) is 30.0 Å². The van der Waals surface area contributed by atoms with E-state index in [0.717, 1.165) is 12.0 Å². The number of carbonyl (C=O) groups is 1. The molecule has 1 unspecified atom stereocenters. The minimum atomic E-state index is 0.279. The largest absolute Gasteiger partial charge is 0.303 e. The van der Waals surface area contributed by atoms with Gasteiger partial charge in [0.2, 0.25) is 0 Å². The average Bonchev–Trinajstić information content (AvgIpc) is 2.29. The average molecular weight is 213 g/mol. The zero-order valence-electron chi connectivity index (χ0n) is 9.60. The van der Waals surface area contributed by atoms with Crippen molar-refractivity contribution in [2.45, 2.75) is 26.2 Å². The fraction of sp³-hybridized carbons (Fsp3) is 0.286. The summed E-state index contributed by atoms with van der Waals surface area (Å²) in [5, 5.41) is 2.38. The summed E-state index contributed by atoms with van der Waals surface area (Å²) in [6.07, 6.45) is 3.38. The predicted molar refractivity (Wildman–Crippen MR) is 65.6 cm³/mol. The van der Waals surface area contributed by atoms with Gasteiger partial charge in [0.05, 0.1) is 0 Å². The Balaban J connectivity index is 2.50. The number of aryl methyl sites for hydroxylation is 1. The highest BCUT2D eigenvalue weighted by Crippen LogP contribution is 2.24. The van der Waals surface area contributed by atoms with Crippen molar-refractivity contribution in [3.8, 4) is 0 Å². The van der Waals surface area contributed by atoms with Gasteiger partial charge in [-0.2, -0.15) is 0 Å². The summed E-state index contributed by atoms with van der Waals surface area (Å²) in [5.41, 5.74) is 2.24. The van der Waals surface area contributed by atoms with E-state index in [1.807, 2.05) is 19.2 Å². The molecule has 0 saturated heterocycles. The summed E-state index contributed by atoms with van der Waals surface area (Å²) < 4.78 is 0. The number of aromatic nitrogens is 1. The Morgan fingerprint density at radius 2 is 2.19 bits per heavy atom. The maximum Gasteiger partial charge on any atom is 0.120 e. The highest BCUT2D eigenvalue weighted by Gasteiger charge is 2.06. The molecule has 0 amide bonds. The molecule has 2 heteroatoms. The van der Waals surface area contributed by atoms with E-state index >= 15 is 0 Å². The van der Waals surface area contributed by atoms with Gasteiger partial charge in [0, 0.05) is 23.7 Å². The minimum absolute atomic E-state index is 0.279. The monoisotopic (exact) mass is 213 g/mol. The smallest absolute Gasteiger partial charge is 0.120 e. The van der Waals surface area contributed by atoms with E-state index in [1.165, 1.54) is 16.3 Å². The molecule has 2 rings (SSSR count). The van der Waals surface area contributed by atoms with E-state index in [1.54, 1.807) is 0 Å². The summed E-state index contributed by atoms with van der Waals surface area (Å²) in [6.45, 7) is 4.08. The lowest BCUT2D eigenvalue weighted by molar-refractivity contribution is -0.108. The number of nitrogens with zero attached hydrogens (tertiary/aromatic N) is 1. The highest BCUT2D eigenvalue weighted by atomic mass is 16.1. The summed E-state index contributed by atoms with van der Waals surface area (Å²) in [7, 11) is 0. The fourth-order valence-electron chi connectivity index (χ4n) is 1.92. The van der Waals surface area contributed by atoms with Crippen molar-refractivity contribution in [1.29, 1.82) is 0 Å². The molecule has 1 aromatic carbocycles. The molecule has 0 aliphatic carbocycles. The molecule has 1 atom stereocenters. The van der Waals surface area contributed by atoms with E-state index in [-0.39, 0.29) is 5.92 Å². The molecular weight excluding hydrogens is 198 g/mol. The van der Waals surface area contributed by atoms with Crippen LogP contribution in [0.25, 0.3) is 10.8 Å². The van der Waals surface area contributed by atoms with Gasteiger partial charge in [-0.05, 0) is 35.9 Å². The third kappa shape index (κ3) is 1.96. The van der Waals surface area contributed by atoms with Crippen LogP contribution < -0.4 is 0 Å². The lowest BCUT2D eigenvalue weighted by Crippen LogP contribution is -1.95. The summed E-state index contributed by atoms with van der Waals surface area (Å²) in [6, 6.07) is 8.35. The van der Waals surface area contributed by atoms with E-state index in [4.69, 9.17) is 0 Å². The first-order valence-electron chi connectivity index (χ1n) is 5.51. The van der Waals surface area contributed by atoms with Crippen molar-refractivity contribution in [3.05, 3.63) is 41.7 Å². The van der Waals surface area contributed by atoms with Gasteiger partial charge < -0.3 is 4.79 Å². The van der Waals surface area contributed by atoms with Crippen LogP contribution in [0.15, 0.2) is 30.5 Å². The molecule has 16 heavy (non-hydrogen) atoms. The second kappa shape index (κ2) is 4.44. The molecule has 1 heterocycles. The standard InChI is InChI=1S/C14H15NO/c1-10(6-8-16)13-4-3-12-5-7-15-11(2)14(12)9-13/h3-5,7-10H,6H2,1-2H3. The van der Waals surface area contributed by atoms with Crippen molar-refractivity contribution < 1.29 is 4.79 Å². The Morgan fingerprint density at radius 3 is 2.94 bits per heavy atom. The van der Waals surface area contributed by atoms with E-state index < -0.39 is 0 Å². The zero-order chi connectivity index (χ0) is 11.5. The predicted octanol–water partition coefficient (Wildman–Crippen LogP) is 3.24. The number of hydrogen-bond acceptors (Lipinski definition) is 2. The molecule has 0 N–H and O–H groups in total. The third-order valence-corrected chi connectivity index (χ3v) is 3.01.